The number of fused-ring (bicyclic) bond motifs is 5. The van der Waals surface area contributed by atoms with E-state index in [2.05, 4.69) is 5.32 Å². The average molecular weight is 988 g/mol. The van der Waals surface area contributed by atoms with Gasteiger partial charge in [0, 0.05) is 37.7 Å². The van der Waals surface area contributed by atoms with Crippen LogP contribution in [-0.2, 0) is 58.9 Å². The molecule has 17 heteroatoms. The summed E-state index contributed by atoms with van der Waals surface area (Å²) in [4.78, 5) is 99.5. The largest absolute Gasteiger partial charge is 0.509 e. The SMILES string of the molecule is CC(=O)O[C@H]1C(=O)C2(C)[C@H]([C@H](OC(=O)c3ccccc3)[C@]3(O)C[C@H](OC(=O)[C@H](OC(=O)OCc4ccccc4)[C@@H](NC(=O)c4ccccc4)c4ccccc4)C(C)=C1C3(C)C)C1(OC(C)=O)COC1C[C@@H]2O. The number of hydrogen-bond donors (Lipinski definition) is 3. The van der Waals surface area contributed by atoms with Crippen LogP contribution in [-0.4, -0.2) is 106 Å². The molecule has 3 fully saturated rings. The fourth-order valence-electron chi connectivity index (χ4n) is 11.1. The van der Waals surface area contributed by atoms with Gasteiger partial charge in [0.15, 0.2) is 17.5 Å². The third-order valence-electron chi connectivity index (χ3n) is 14.9. The maximum absolute atomic E-state index is 15.7. The van der Waals surface area contributed by atoms with Gasteiger partial charge in [0.25, 0.3) is 5.91 Å². The fraction of sp³-hybridized carbons (Fsp3) is 0.400. The molecule has 4 aliphatic rings. The zero-order valence-corrected chi connectivity index (χ0v) is 40.6. The van der Waals surface area contributed by atoms with Crippen LogP contribution in [0.15, 0.2) is 132 Å². The lowest BCUT2D eigenvalue weighted by molar-refractivity contribution is -0.346. The number of ketones is 1. The molecule has 0 aromatic heterocycles. The average Bonchev–Trinajstić information content (AvgIpc) is 3.36. The summed E-state index contributed by atoms with van der Waals surface area (Å²) in [6.07, 6.45) is -12.2. The first-order valence-electron chi connectivity index (χ1n) is 23.6. The minimum atomic E-state index is -2.47. The summed E-state index contributed by atoms with van der Waals surface area (Å²) in [5.41, 5.74) is -6.92. The molecule has 2 saturated carbocycles. The molecule has 4 aromatic carbocycles. The quantitative estimate of drug-likeness (QED) is 0.0780. The van der Waals surface area contributed by atoms with Crippen molar-refractivity contribution >= 4 is 41.7 Å². The highest BCUT2D eigenvalue weighted by molar-refractivity contribution is 5.96. The summed E-state index contributed by atoms with van der Waals surface area (Å²) >= 11 is 0. The van der Waals surface area contributed by atoms with Gasteiger partial charge in [-0.2, -0.15) is 0 Å². The summed E-state index contributed by atoms with van der Waals surface area (Å²) < 4.78 is 42.1. The van der Waals surface area contributed by atoms with E-state index in [1.54, 1.807) is 123 Å². The Kier molecular flexibility index (Phi) is 14.3. The summed E-state index contributed by atoms with van der Waals surface area (Å²) in [6, 6.07) is 31.3. The molecule has 0 radical (unpaired) electrons. The van der Waals surface area contributed by atoms with Crippen molar-refractivity contribution in [3.8, 4) is 0 Å². The molecular weight excluding hydrogens is 931 g/mol. The van der Waals surface area contributed by atoms with Gasteiger partial charge in [0.2, 0.25) is 6.10 Å². The van der Waals surface area contributed by atoms with Gasteiger partial charge in [-0.25, -0.2) is 14.4 Å². The number of ether oxygens (including phenoxy) is 7. The Labute approximate surface area is 415 Å². The standard InChI is InChI=1S/C55H57NO16/c1-31-38(69-50(63)44(70-51(64)66-29-34-19-11-7-12-20-34)42(35-21-13-8-14-22-35)56-48(61)36-23-15-9-16-24-36)28-55(65)47(71-49(62)37-25-17-10-18-26-37)45-53(6,39(59)27-40-54(45,30-67-40)72-33(3)58)46(60)43(68-32(2)57)41(31)52(55,4)5/h7-26,38-40,42-45,47,59,65H,27-30H2,1-6H3,(H,56,61)/t38-,39-,40?,42-,43+,44+,45-,47-,53?,54?,55+/m0/s1. The topological polar surface area (TPSA) is 237 Å². The number of benzene rings is 4. The molecule has 8 rings (SSSR count). The normalized spacial score (nSPS) is 28.9. The summed E-state index contributed by atoms with van der Waals surface area (Å²) in [5.74, 6) is -7.10. The second-order valence-corrected chi connectivity index (χ2v) is 19.5. The molecule has 17 nitrogen and oxygen atoms in total. The van der Waals surface area contributed by atoms with Gasteiger partial charge in [-0.05, 0) is 60.4 Å². The number of aliphatic hydroxyl groups is 2. The minimum absolute atomic E-state index is 0.0421. The molecule has 3 N–H and O–H groups in total. The second-order valence-electron chi connectivity index (χ2n) is 19.5. The number of esters is 4. The van der Waals surface area contributed by atoms with Gasteiger partial charge in [-0.15, -0.1) is 0 Å². The van der Waals surface area contributed by atoms with Crippen LogP contribution in [0.5, 0.6) is 0 Å². The predicted molar refractivity (Wildman–Crippen MR) is 253 cm³/mol. The van der Waals surface area contributed by atoms with Crippen LogP contribution in [0.25, 0.3) is 0 Å². The van der Waals surface area contributed by atoms with Crippen molar-refractivity contribution in [3.63, 3.8) is 0 Å². The van der Waals surface area contributed by atoms with E-state index in [0.29, 0.717) is 11.1 Å². The summed E-state index contributed by atoms with van der Waals surface area (Å²) in [5, 5.41) is 29.0. The first kappa shape index (κ1) is 51.2. The molecule has 1 aliphatic heterocycles. The number of aliphatic hydroxyl groups excluding tert-OH is 1. The Morgan fingerprint density at radius 3 is 1.93 bits per heavy atom. The molecule has 11 atom stereocenters. The van der Waals surface area contributed by atoms with Gasteiger partial charge >= 0.3 is 30.0 Å². The summed E-state index contributed by atoms with van der Waals surface area (Å²) in [6.45, 7) is 7.61. The molecule has 4 aromatic rings. The zero-order chi connectivity index (χ0) is 51.8. The van der Waals surface area contributed by atoms with E-state index < -0.39 is 119 Å². The lowest BCUT2D eigenvalue weighted by Gasteiger charge is -2.67. The number of carbonyl (C=O) groups excluding carboxylic acids is 7. The van der Waals surface area contributed by atoms with Gasteiger partial charge in [0.1, 0.15) is 36.6 Å². The Morgan fingerprint density at radius 1 is 0.778 bits per heavy atom. The maximum atomic E-state index is 15.7. The van der Waals surface area contributed by atoms with Gasteiger partial charge in [0.05, 0.1) is 29.6 Å². The third-order valence-corrected chi connectivity index (χ3v) is 14.9. The van der Waals surface area contributed by atoms with Crippen molar-refractivity contribution in [2.75, 3.05) is 6.61 Å². The van der Waals surface area contributed by atoms with E-state index in [9.17, 15) is 34.2 Å². The van der Waals surface area contributed by atoms with Crippen LogP contribution in [0.3, 0.4) is 0 Å². The molecule has 1 amide bonds. The van der Waals surface area contributed by atoms with Crippen molar-refractivity contribution in [2.24, 2.45) is 16.7 Å². The van der Waals surface area contributed by atoms with Crippen LogP contribution < -0.4 is 5.32 Å². The van der Waals surface area contributed by atoms with Crippen molar-refractivity contribution < 1.29 is 76.9 Å². The van der Waals surface area contributed by atoms with E-state index in [0.717, 1.165) is 13.8 Å². The van der Waals surface area contributed by atoms with Gasteiger partial charge < -0.3 is 48.7 Å². The molecule has 72 heavy (non-hydrogen) atoms. The van der Waals surface area contributed by atoms with Crippen molar-refractivity contribution in [1.29, 1.82) is 0 Å². The Morgan fingerprint density at radius 2 is 1.36 bits per heavy atom. The van der Waals surface area contributed by atoms with Crippen LogP contribution >= 0.6 is 0 Å². The number of rotatable bonds is 13. The molecule has 2 bridgehead atoms. The lowest BCUT2D eigenvalue weighted by Crippen LogP contribution is -2.82. The highest BCUT2D eigenvalue weighted by Gasteiger charge is 2.78. The molecular formula is C55H57NO16. The Bertz CT molecular complexity index is 2750. The fourth-order valence-corrected chi connectivity index (χ4v) is 11.1. The lowest BCUT2D eigenvalue weighted by atomic mass is 9.44. The summed E-state index contributed by atoms with van der Waals surface area (Å²) in [7, 11) is 0. The van der Waals surface area contributed by atoms with E-state index >= 15 is 9.59 Å². The first-order valence-corrected chi connectivity index (χ1v) is 23.6. The van der Waals surface area contributed by atoms with E-state index in [1.165, 1.54) is 26.0 Å². The predicted octanol–water partition coefficient (Wildman–Crippen LogP) is 6.10. The number of nitrogens with one attached hydrogen (secondary N) is 1. The molecule has 3 unspecified atom stereocenters. The van der Waals surface area contributed by atoms with Crippen molar-refractivity contribution in [3.05, 3.63) is 155 Å². The van der Waals surface area contributed by atoms with E-state index in [-0.39, 0.29) is 41.9 Å². The molecule has 1 heterocycles. The van der Waals surface area contributed by atoms with Gasteiger partial charge in [-0.3, -0.25) is 19.2 Å². The molecule has 1 saturated heterocycles. The van der Waals surface area contributed by atoms with Crippen molar-refractivity contribution in [2.45, 2.75) is 115 Å². The van der Waals surface area contributed by atoms with E-state index in [4.69, 9.17) is 33.2 Å². The smallest absolute Gasteiger partial charge is 0.455 e. The van der Waals surface area contributed by atoms with Crippen LogP contribution in [0.1, 0.15) is 92.3 Å². The number of carbonyl (C=O) groups is 7. The third kappa shape index (κ3) is 9.27. The molecule has 378 valence electrons. The molecule has 3 aliphatic carbocycles. The minimum Gasteiger partial charge on any atom is -0.455 e. The number of hydrogen-bond acceptors (Lipinski definition) is 16. The first-order chi connectivity index (χ1) is 34.2. The zero-order valence-electron chi connectivity index (χ0n) is 40.6. The number of Topliss-reactive ketones (excluding diaryl/α,β-unsaturated/α-hetero) is 1. The monoisotopic (exact) mass is 987 g/mol. The number of amides is 1. The van der Waals surface area contributed by atoms with Crippen LogP contribution in [0.4, 0.5) is 4.79 Å². The second kappa shape index (κ2) is 20.1. The maximum Gasteiger partial charge on any atom is 0.509 e. The van der Waals surface area contributed by atoms with Gasteiger partial charge in [-0.1, -0.05) is 111 Å². The van der Waals surface area contributed by atoms with E-state index in [1.807, 2.05) is 0 Å². The highest BCUT2D eigenvalue weighted by Crippen LogP contribution is 2.64. The Hall–Kier alpha value is -7.21. The molecule has 0 spiro atoms. The van der Waals surface area contributed by atoms with Crippen LogP contribution in [0.2, 0.25) is 0 Å². The van der Waals surface area contributed by atoms with Crippen molar-refractivity contribution in [1.82, 2.24) is 5.32 Å². The Balaban J connectivity index is 1.29. The van der Waals surface area contributed by atoms with Crippen LogP contribution in [0, 0.1) is 16.7 Å². The highest BCUT2D eigenvalue weighted by atomic mass is 16.7.